The molecule has 25 heavy (non-hydrogen) atoms. The van der Waals surface area contributed by atoms with Crippen LogP contribution in [0, 0.1) is 6.92 Å². The molecule has 0 heterocycles. The fraction of sp³-hybridized carbons (Fsp3) is 0.188. The molecule has 2 aromatic carbocycles. The molecule has 0 spiro atoms. The van der Waals surface area contributed by atoms with Crippen molar-refractivity contribution in [2.24, 2.45) is 0 Å². The number of amides is 2. The topological polar surface area (TPSA) is 75.3 Å². The summed E-state index contributed by atoms with van der Waals surface area (Å²) in [4.78, 5) is 11.6. The Morgan fingerprint density at radius 3 is 2.32 bits per heavy atom. The molecule has 0 saturated heterocycles. The number of urea groups is 1. The number of rotatable bonds is 4. The van der Waals surface area contributed by atoms with Gasteiger partial charge in [0.05, 0.1) is 10.5 Å². The fourth-order valence-corrected chi connectivity index (χ4v) is 2.90. The summed E-state index contributed by atoms with van der Waals surface area (Å²) in [5, 5.41) is 2.22. The van der Waals surface area contributed by atoms with Crippen LogP contribution in [0.1, 0.15) is 16.7 Å². The summed E-state index contributed by atoms with van der Waals surface area (Å²) in [6.45, 7) is 1.53. The molecule has 0 aliphatic heterocycles. The molecule has 2 aromatic rings. The molecule has 2 rings (SSSR count). The van der Waals surface area contributed by atoms with E-state index < -0.39 is 27.8 Å². The average Bonchev–Trinajstić information content (AvgIpc) is 2.52. The van der Waals surface area contributed by atoms with Gasteiger partial charge in [0.15, 0.2) is 0 Å². The second kappa shape index (κ2) is 7.14. The van der Waals surface area contributed by atoms with E-state index in [0.29, 0.717) is 0 Å². The maximum absolute atomic E-state index is 12.6. The Kier molecular flexibility index (Phi) is 5.36. The minimum atomic E-state index is -4.49. The van der Waals surface area contributed by atoms with Gasteiger partial charge in [0, 0.05) is 6.54 Å². The number of alkyl halides is 3. The quantitative estimate of drug-likeness (QED) is 0.865. The highest BCUT2D eigenvalue weighted by Gasteiger charge is 2.30. The van der Waals surface area contributed by atoms with Crippen LogP contribution in [-0.4, -0.2) is 14.4 Å². The number of nitrogens with one attached hydrogen (secondary N) is 2. The molecule has 134 valence electrons. The number of halogens is 3. The lowest BCUT2D eigenvalue weighted by molar-refractivity contribution is -0.137. The number of benzene rings is 2. The van der Waals surface area contributed by atoms with Gasteiger partial charge in [-0.1, -0.05) is 29.8 Å². The van der Waals surface area contributed by atoms with Gasteiger partial charge in [0.25, 0.3) is 10.0 Å². The van der Waals surface area contributed by atoms with Crippen molar-refractivity contribution in [2.45, 2.75) is 24.5 Å². The van der Waals surface area contributed by atoms with E-state index >= 15 is 0 Å². The predicted molar refractivity (Wildman–Crippen MR) is 85.2 cm³/mol. The van der Waals surface area contributed by atoms with Gasteiger partial charge in [-0.2, -0.15) is 13.2 Å². The largest absolute Gasteiger partial charge is 0.416 e. The SMILES string of the molecule is Cc1ccc(S(=O)(=O)NC(=O)NCc2cccc(C(F)(F)F)c2)cc1. The van der Waals surface area contributed by atoms with Crippen molar-refractivity contribution < 1.29 is 26.4 Å². The van der Waals surface area contributed by atoms with Crippen molar-refractivity contribution in [3.63, 3.8) is 0 Å². The molecular formula is C16H15F3N2O3S. The van der Waals surface area contributed by atoms with Crippen LogP contribution in [0.4, 0.5) is 18.0 Å². The summed E-state index contributed by atoms with van der Waals surface area (Å²) < 4.78 is 63.7. The molecule has 0 atom stereocenters. The summed E-state index contributed by atoms with van der Waals surface area (Å²) in [7, 11) is -4.05. The van der Waals surface area contributed by atoms with Crippen LogP contribution >= 0.6 is 0 Å². The fourth-order valence-electron chi connectivity index (χ4n) is 1.97. The Hall–Kier alpha value is -2.55. The first-order valence-corrected chi connectivity index (χ1v) is 8.60. The molecule has 0 radical (unpaired) electrons. The van der Waals surface area contributed by atoms with Crippen molar-refractivity contribution in [3.8, 4) is 0 Å². The number of carbonyl (C=O) groups is 1. The standard InChI is InChI=1S/C16H15F3N2O3S/c1-11-5-7-14(8-6-11)25(23,24)21-15(22)20-10-12-3-2-4-13(9-12)16(17,18)19/h2-9H,10H2,1H3,(H2,20,21,22). The van der Waals surface area contributed by atoms with E-state index in [1.165, 1.54) is 24.3 Å². The Morgan fingerprint density at radius 1 is 1.08 bits per heavy atom. The molecule has 0 unspecified atom stereocenters. The highest BCUT2D eigenvalue weighted by molar-refractivity contribution is 7.90. The molecule has 2 N–H and O–H groups in total. The minimum absolute atomic E-state index is 0.0904. The Morgan fingerprint density at radius 2 is 1.72 bits per heavy atom. The van der Waals surface area contributed by atoms with Crippen molar-refractivity contribution in [1.82, 2.24) is 10.0 Å². The van der Waals surface area contributed by atoms with Crippen molar-refractivity contribution >= 4 is 16.1 Å². The second-order valence-electron chi connectivity index (χ2n) is 5.30. The van der Waals surface area contributed by atoms with Crippen molar-refractivity contribution in [2.75, 3.05) is 0 Å². The highest BCUT2D eigenvalue weighted by atomic mass is 32.2. The van der Waals surface area contributed by atoms with Crippen molar-refractivity contribution in [3.05, 3.63) is 65.2 Å². The van der Waals surface area contributed by atoms with Crippen molar-refractivity contribution in [1.29, 1.82) is 0 Å². The Bertz CT molecular complexity index is 863. The van der Waals surface area contributed by atoms with Crippen LogP contribution in [0.15, 0.2) is 53.4 Å². The first-order chi connectivity index (χ1) is 11.6. The first kappa shape index (κ1) is 18.8. The van der Waals surface area contributed by atoms with Crippen LogP contribution in [0.2, 0.25) is 0 Å². The van der Waals surface area contributed by atoms with E-state index in [1.807, 2.05) is 4.72 Å². The van der Waals surface area contributed by atoms with Gasteiger partial charge in [-0.25, -0.2) is 17.9 Å². The normalized spacial score (nSPS) is 11.8. The van der Waals surface area contributed by atoms with Crippen LogP contribution in [0.3, 0.4) is 0 Å². The zero-order valence-electron chi connectivity index (χ0n) is 13.1. The van der Waals surface area contributed by atoms with Gasteiger partial charge in [-0.3, -0.25) is 0 Å². The van der Waals surface area contributed by atoms with E-state index in [1.54, 1.807) is 19.1 Å². The van der Waals surface area contributed by atoms with Gasteiger partial charge in [-0.05, 0) is 36.8 Å². The van der Waals surface area contributed by atoms with Crippen LogP contribution in [0.25, 0.3) is 0 Å². The van der Waals surface area contributed by atoms with Gasteiger partial charge < -0.3 is 5.32 Å². The molecule has 0 aliphatic carbocycles. The van der Waals surface area contributed by atoms with Gasteiger partial charge in [-0.15, -0.1) is 0 Å². The molecule has 0 aromatic heterocycles. The average molecular weight is 372 g/mol. The summed E-state index contributed by atoms with van der Waals surface area (Å²) in [6, 6.07) is 9.21. The molecule has 0 saturated carbocycles. The lowest BCUT2D eigenvalue weighted by Crippen LogP contribution is -2.39. The zero-order valence-corrected chi connectivity index (χ0v) is 13.9. The molecule has 0 fully saturated rings. The lowest BCUT2D eigenvalue weighted by atomic mass is 10.1. The summed E-state index contributed by atoms with van der Waals surface area (Å²) in [5.41, 5.74) is 0.199. The number of aryl methyl sites for hydroxylation is 1. The van der Waals surface area contributed by atoms with Gasteiger partial charge in [0.1, 0.15) is 0 Å². The number of carbonyl (C=O) groups excluding carboxylic acids is 1. The first-order valence-electron chi connectivity index (χ1n) is 7.11. The van der Waals surface area contributed by atoms with Crippen LogP contribution in [0.5, 0.6) is 0 Å². The molecule has 0 bridgehead atoms. The lowest BCUT2D eigenvalue weighted by Gasteiger charge is -2.11. The van der Waals surface area contributed by atoms with E-state index in [4.69, 9.17) is 0 Å². The number of sulfonamides is 1. The summed E-state index contributed by atoms with van der Waals surface area (Å²) >= 11 is 0. The molecule has 9 heteroatoms. The molecular weight excluding hydrogens is 357 g/mol. The van der Waals surface area contributed by atoms with E-state index in [2.05, 4.69) is 5.32 Å². The third kappa shape index (κ3) is 5.21. The molecule has 0 aliphatic rings. The smallest absolute Gasteiger partial charge is 0.333 e. The Labute approximate surface area is 142 Å². The monoisotopic (exact) mass is 372 g/mol. The van der Waals surface area contributed by atoms with E-state index in [0.717, 1.165) is 17.7 Å². The van der Waals surface area contributed by atoms with Crippen LogP contribution < -0.4 is 10.0 Å². The van der Waals surface area contributed by atoms with Gasteiger partial charge in [0.2, 0.25) is 0 Å². The zero-order chi connectivity index (χ0) is 18.7. The summed E-state index contributed by atoms with van der Waals surface area (Å²) in [5.74, 6) is 0. The summed E-state index contributed by atoms with van der Waals surface area (Å²) in [6.07, 6.45) is -4.49. The van der Waals surface area contributed by atoms with Crippen LogP contribution in [-0.2, 0) is 22.7 Å². The van der Waals surface area contributed by atoms with Gasteiger partial charge >= 0.3 is 12.2 Å². The second-order valence-corrected chi connectivity index (χ2v) is 6.98. The predicted octanol–water partition coefficient (Wildman–Crippen LogP) is 3.20. The Balaban J connectivity index is 2.00. The van der Waals surface area contributed by atoms with E-state index in [-0.39, 0.29) is 17.0 Å². The minimum Gasteiger partial charge on any atom is -0.333 e. The molecule has 5 nitrogen and oxygen atoms in total. The third-order valence-corrected chi connectivity index (χ3v) is 4.61. The maximum atomic E-state index is 12.6. The third-order valence-electron chi connectivity index (χ3n) is 3.27. The number of hydrogen-bond donors (Lipinski definition) is 2. The van der Waals surface area contributed by atoms with E-state index in [9.17, 15) is 26.4 Å². The molecule has 2 amide bonds. The highest BCUT2D eigenvalue weighted by Crippen LogP contribution is 2.29. The number of hydrogen-bond acceptors (Lipinski definition) is 3. The maximum Gasteiger partial charge on any atom is 0.416 e.